The van der Waals surface area contributed by atoms with E-state index in [0.717, 1.165) is 5.92 Å². The number of benzene rings is 1. The lowest BCUT2D eigenvalue weighted by atomic mass is 9.83. The summed E-state index contributed by atoms with van der Waals surface area (Å²) < 4.78 is 0. The van der Waals surface area contributed by atoms with Gasteiger partial charge in [0.05, 0.1) is 0 Å². The van der Waals surface area contributed by atoms with Crippen LogP contribution < -0.4 is 10.2 Å². The summed E-state index contributed by atoms with van der Waals surface area (Å²) in [4.78, 5) is 2.52. The minimum Gasteiger partial charge on any atom is -0.382 e. The molecule has 1 saturated heterocycles. The van der Waals surface area contributed by atoms with Gasteiger partial charge in [0.2, 0.25) is 0 Å². The lowest BCUT2D eigenvalue weighted by Gasteiger charge is -2.32. The highest BCUT2D eigenvalue weighted by Gasteiger charge is 2.23. The molecule has 1 saturated carbocycles. The van der Waals surface area contributed by atoms with Gasteiger partial charge < -0.3 is 10.2 Å². The lowest BCUT2D eigenvalue weighted by molar-refractivity contribution is 0.317. The van der Waals surface area contributed by atoms with Crippen molar-refractivity contribution in [2.75, 3.05) is 23.3 Å². The summed E-state index contributed by atoms with van der Waals surface area (Å²) in [7, 11) is 0. The summed E-state index contributed by atoms with van der Waals surface area (Å²) >= 11 is 0. The zero-order valence-corrected chi connectivity index (χ0v) is 12.8. The number of nitrogens with one attached hydrogen (secondary N) is 1. The Morgan fingerprint density at radius 2 is 1.90 bits per heavy atom. The van der Waals surface area contributed by atoms with Gasteiger partial charge >= 0.3 is 0 Å². The molecule has 0 amide bonds. The quantitative estimate of drug-likeness (QED) is 0.857. The van der Waals surface area contributed by atoms with Gasteiger partial charge in [-0.05, 0) is 49.8 Å². The van der Waals surface area contributed by atoms with Gasteiger partial charge in [0, 0.05) is 30.5 Å². The van der Waals surface area contributed by atoms with Crippen LogP contribution in [0, 0.1) is 5.92 Å². The van der Waals surface area contributed by atoms with E-state index >= 15 is 0 Å². The van der Waals surface area contributed by atoms with E-state index in [1.165, 1.54) is 69.4 Å². The highest BCUT2D eigenvalue weighted by molar-refractivity contribution is 5.58. The molecule has 2 atom stereocenters. The second-order valence-electron chi connectivity index (χ2n) is 6.45. The number of hydrogen-bond acceptors (Lipinski definition) is 2. The van der Waals surface area contributed by atoms with Crippen molar-refractivity contribution in [3.63, 3.8) is 0 Å². The maximum absolute atomic E-state index is 3.82. The Hall–Kier alpha value is -1.18. The molecule has 1 aliphatic heterocycles. The zero-order valence-electron chi connectivity index (χ0n) is 12.8. The van der Waals surface area contributed by atoms with Crippen LogP contribution in [0.3, 0.4) is 0 Å². The Morgan fingerprint density at radius 1 is 1.10 bits per heavy atom. The van der Waals surface area contributed by atoms with Gasteiger partial charge in [0.25, 0.3) is 0 Å². The molecular weight excluding hydrogens is 244 g/mol. The van der Waals surface area contributed by atoms with Crippen molar-refractivity contribution in [2.24, 2.45) is 5.92 Å². The number of rotatable bonds is 4. The Bertz CT molecular complexity index is 423. The van der Waals surface area contributed by atoms with Crippen LogP contribution >= 0.6 is 0 Å². The maximum atomic E-state index is 3.82. The summed E-state index contributed by atoms with van der Waals surface area (Å²) in [5.41, 5.74) is 2.72. The van der Waals surface area contributed by atoms with Crippen molar-refractivity contribution < 1.29 is 0 Å². The second kappa shape index (κ2) is 6.51. The topological polar surface area (TPSA) is 15.3 Å². The summed E-state index contributed by atoms with van der Waals surface area (Å²) in [5.74, 6) is 0.860. The number of anilines is 2. The normalized spacial score (nSPS) is 26.8. The standard InChI is InChI=1S/C18H28N2/c1-2-15-8-3-4-11-18(15)19-16-9-7-10-17(14-16)20-12-5-6-13-20/h7,9-10,14-15,18-19H,2-6,8,11-13H2,1H3. The number of nitrogens with zero attached hydrogens (tertiary/aromatic N) is 1. The molecule has 2 nitrogen and oxygen atoms in total. The molecule has 20 heavy (non-hydrogen) atoms. The third kappa shape index (κ3) is 3.11. The van der Waals surface area contributed by atoms with Crippen LogP contribution in [0.4, 0.5) is 11.4 Å². The summed E-state index contributed by atoms with van der Waals surface area (Å²) in [6, 6.07) is 9.74. The molecule has 110 valence electrons. The molecule has 1 heterocycles. The van der Waals surface area contributed by atoms with Crippen molar-refractivity contribution in [3.8, 4) is 0 Å². The van der Waals surface area contributed by atoms with Crippen LogP contribution in [0.15, 0.2) is 24.3 Å². The maximum Gasteiger partial charge on any atom is 0.0386 e. The van der Waals surface area contributed by atoms with Gasteiger partial charge in [0.1, 0.15) is 0 Å². The fraction of sp³-hybridized carbons (Fsp3) is 0.667. The fourth-order valence-electron chi connectivity index (χ4n) is 3.87. The van der Waals surface area contributed by atoms with E-state index in [9.17, 15) is 0 Å². The van der Waals surface area contributed by atoms with Crippen molar-refractivity contribution >= 4 is 11.4 Å². The SMILES string of the molecule is CCC1CCCCC1Nc1cccc(N2CCCC2)c1. The number of hydrogen-bond donors (Lipinski definition) is 1. The monoisotopic (exact) mass is 272 g/mol. The van der Waals surface area contributed by atoms with E-state index < -0.39 is 0 Å². The van der Waals surface area contributed by atoms with Crippen LogP contribution in [0.2, 0.25) is 0 Å². The summed E-state index contributed by atoms with van der Waals surface area (Å²) in [6.45, 7) is 4.79. The first kappa shape index (κ1) is 13.8. The predicted molar refractivity (Wildman–Crippen MR) is 87.5 cm³/mol. The smallest absolute Gasteiger partial charge is 0.0386 e. The molecule has 1 aromatic rings. The third-order valence-corrected chi connectivity index (χ3v) is 5.10. The van der Waals surface area contributed by atoms with Crippen molar-refractivity contribution in [3.05, 3.63) is 24.3 Å². The highest BCUT2D eigenvalue weighted by atomic mass is 15.1. The highest BCUT2D eigenvalue weighted by Crippen LogP contribution is 2.30. The minimum absolute atomic E-state index is 0.683. The first-order valence-corrected chi connectivity index (χ1v) is 8.48. The molecule has 1 N–H and O–H groups in total. The first-order chi connectivity index (χ1) is 9.86. The van der Waals surface area contributed by atoms with Crippen LogP contribution in [-0.4, -0.2) is 19.1 Å². The van der Waals surface area contributed by atoms with Gasteiger partial charge in [-0.25, -0.2) is 0 Å². The van der Waals surface area contributed by atoms with Crippen LogP contribution in [0.1, 0.15) is 51.9 Å². The van der Waals surface area contributed by atoms with E-state index in [1.807, 2.05) is 0 Å². The molecule has 1 aliphatic carbocycles. The van der Waals surface area contributed by atoms with Crippen LogP contribution in [0.5, 0.6) is 0 Å². The zero-order chi connectivity index (χ0) is 13.8. The van der Waals surface area contributed by atoms with Crippen LogP contribution in [-0.2, 0) is 0 Å². The molecule has 2 heteroatoms. The third-order valence-electron chi connectivity index (χ3n) is 5.10. The Labute approximate surface area is 123 Å². The summed E-state index contributed by atoms with van der Waals surface area (Å²) in [5, 5.41) is 3.82. The van der Waals surface area contributed by atoms with Crippen molar-refractivity contribution in [1.29, 1.82) is 0 Å². The second-order valence-corrected chi connectivity index (χ2v) is 6.45. The van der Waals surface area contributed by atoms with Crippen molar-refractivity contribution in [1.82, 2.24) is 0 Å². The average molecular weight is 272 g/mol. The minimum atomic E-state index is 0.683. The molecule has 2 fully saturated rings. The van der Waals surface area contributed by atoms with E-state index in [-0.39, 0.29) is 0 Å². The predicted octanol–water partition coefficient (Wildman–Crippen LogP) is 4.67. The molecule has 2 aliphatic rings. The van der Waals surface area contributed by atoms with Gasteiger partial charge in [-0.3, -0.25) is 0 Å². The molecule has 3 rings (SSSR count). The van der Waals surface area contributed by atoms with Crippen LogP contribution in [0.25, 0.3) is 0 Å². The molecule has 0 radical (unpaired) electrons. The van der Waals surface area contributed by atoms with E-state index in [0.29, 0.717) is 6.04 Å². The average Bonchev–Trinajstić information content (AvgIpc) is 3.02. The lowest BCUT2D eigenvalue weighted by Crippen LogP contribution is -2.31. The van der Waals surface area contributed by atoms with Gasteiger partial charge in [-0.2, -0.15) is 0 Å². The largest absolute Gasteiger partial charge is 0.382 e. The molecule has 1 aromatic carbocycles. The molecule has 0 spiro atoms. The summed E-state index contributed by atoms with van der Waals surface area (Å²) in [6.07, 6.45) is 9.55. The molecule has 0 bridgehead atoms. The fourth-order valence-corrected chi connectivity index (χ4v) is 3.87. The molecule has 0 aromatic heterocycles. The van der Waals surface area contributed by atoms with Gasteiger partial charge in [-0.15, -0.1) is 0 Å². The van der Waals surface area contributed by atoms with E-state index in [4.69, 9.17) is 0 Å². The molecule has 2 unspecified atom stereocenters. The first-order valence-electron chi connectivity index (χ1n) is 8.48. The Kier molecular flexibility index (Phi) is 4.49. The Morgan fingerprint density at radius 3 is 2.70 bits per heavy atom. The van der Waals surface area contributed by atoms with Crippen molar-refractivity contribution in [2.45, 2.75) is 57.9 Å². The van der Waals surface area contributed by atoms with E-state index in [1.54, 1.807) is 0 Å². The molecular formula is C18H28N2. The van der Waals surface area contributed by atoms with Gasteiger partial charge in [0.15, 0.2) is 0 Å². The van der Waals surface area contributed by atoms with E-state index in [2.05, 4.69) is 41.4 Å². The van der Waals surface area contributed by atoms with Gasteiger partial charge in [-0.1, -0.05) is 32.3 Å². The Balaban J connectivity index is 1.68.